The number of ether oxygens (including phenoxy) is 2. The fourth-order valence-corrected chi connectivity index (χ4v) is 7.25. The van der Waals surface area contributed by atoms with Crippen molar-refractivity contribution in [1.82, 2.24) is 9.21 Å². The van der Waals surface area contributed by atoms with Crippen LogP contribution in [0.25, 0.3) is 0 Å². The van der Waals surface area contributed by atoms with E-state index in [9.17, 15) is 13.2 Å². The minimum atomic E-state index is -3.56. The second-order valence-corrected chi connectivity index (χ2v) is 12.3. The number of anilines is 1. The summed E-state index contributed by atoms with van der Waals surface area (Å²) in [6.45, 7) is 3.94. The Morgan fingerprint density at radius 3 is 2.57 bits per heavy atom. The standard InChI is InChI=1S/C28H37N3O5S/c32-27(29-24-11-7-12-25(19-24)37(33,34)31-15-5-2-6-16-31)21-30-17-14-28(13-8-18-36-28)26(20-30)35-22-23-9-3-1-4-10-23/h1,3-4,7,9-12,19,26H,2,5-6,8,13-18,20-22H2,(H,29,32)/t26-,28+/m0/s1. The lowest BCUT2D eigenvalue weighted by atomic mass is 9.85. The third-order valence-corrected chi connectivity index (χ3v) is 9.62. The molecule has 1 N–H and O–H groups in total. The van der Waals surface area contributed by atoms with Crippen LogP contribution in [0.5, 0.6) is 0 Å². The first kappa shape index (κ1) is 26.3. The van der Waals surface area contributed by atoms with Gasteiger partial charge in [-0.1, -0.05) is 42.8 Å². The van der Waals surface area contributed by atoms with E-state index in [4.69, 9.17) is 9.47 Å². The lowest BCUT2D eigenvalue weighted by Gasteiger charge is -2.44. The number of likely N-dealkylation sites (tertiary alicyclic amines) is 1. The van der Waals surface area contributed by atoms with Crippen molar-refractivity contribution in [2.75, 3.05) is 44.6 Å². The van der Waals surface area contributed by atoms with Crippen LogP contribution >= 0.6 is 0 Å². The molecule has 0 bridgehead atoms. The van der Waals surface area contributed by atoms with Crippen molar-refractivity contribution < 1.29 is 22.7 Å². The van der Waals surface area contributed by atoms with Crippen LogP contribution < -0.4 is 5.32 Å². The molecule has 3 fully saturated rings. The molecule has 37 heavy (non-hydrogen) atoms. The summed E-state index contributed by atoms with van der Waals surface area (Å²) in [4.78, 5) is 15.3. The normalized spacial score (nSPS) is 25.4. The monoisotopic (exact) mass is 527 g/mol. The summed E-state index contributed by atoms with van der Waals surface area (Å²) in [7, 11) is -3.56. The average molecular weight is 528 g/mol. The first-order chi connectivity index (χ1) is 17.9. The molecule has 3 aliphatic heterocycles. The second-order valence-electron chi connectivity index (χ2n) is 10.3. The fraction of sp³-hybridized carbons (Fsp3) is 0.536. The maximum Gasteiger partial charge on any atom is 0.243 e. The summed E-state index contributed by atoms with van der Waals surface area (Å²) in [5, 5.41) is 2.90. The molecule has 0 radical (unpaired) electrons. The van der Waals surface area contributed by atoms with Gasteiger partial charge >= 0.3 is 0 Å². The molecule has 2 aromatic carbocycles. The van der Waals surface area contributed by atoms with Crippen LogP contribution in [0.2, 0.25) is 0 Å². The second kappa shape index (κ2) is 11.6. The van der Waals surface area contributed by atoms with Crippen LogP contribution in [-0.2, 0) is 30.9 Å². The summed E-state index contributed by atoms with van der Waals surface area (Å²) < 4.78 is 40.2. The molecule has 3 aliphatic rings. The van der Waals surface area contributed by atoms with Crippen LogP contribution in [0, 0.1) is 0 Å². The fourth-order valence-electron chi connectivity index (χ4n) is 5.68. The minimum Gasteiger partial charge on any atom is -0.372 e. The number of nitrogens with zero attached hydrogens (tertiary/aromatic N) is 2. The van der Waals surface area contributed by atoms with Crippen molar-refractivity contribution in [1.29, 1.82) is 0 Å². The maximum atomic E-state index is 13.0. The number of carbonyl (C=O) groups is 1. The van der Waals surface area contributed by atoms with Crippen LogP contribution in [0.3, 0.4) is 0 Å². The van der Waals surface area contributed by atoms with Crippen LogP contribution in [0.4, 0.5) is 5.69 Å². The van der Waals surface area contributed by atoms with Gasteiger partial charge in [0.25, 0.3) is 0 Å². The Hall–Kier alpha value is -2.30. The van der Waals surface area contributed by atoms with Crippen molar-refractivity contribution in [2.45, 2.75) is 61.7 Å². The van der Waals surface area contributed by atoms with Gasteiger partial charge in [0.15, 0.2) is 0 Å². The van der Waals surface area contributed by atoms with Crippen molar-refractivity contribution in [2.24, 2.45) is 0 Å². The van der Waals surface area contributed by atoms with Gasteiger partial charge in [0.05, 0.1) is 29.8 Å². The zero-order chi connectivity index (χ0) is 25.7. The maximum absolute atomic E-state index is 13.0. The van der Waals surface area contributed by atoms with Gasteiger partial charge in [-0.3, -0.25) is 9.69 Å². The molecule has 5 rings (SSSR count). The third-order valence-electron chi connectivity index (χ3n) is 7.73. The summed E-state index contributed by atoms with van der Waals surface area (Å²) in [6, 6.07) is 16.7. The van der Waals surface area contributed by atoms with E-state index < -0.39 is 10.0 Å². The summed E-state index contributed by atoms with van der Waals surface area (Å²) in [6.07, 6.45) is 5.54. The van der Waals surface area contributed by atoms with Gasteiger partial charge < -0.3 is 14.8 Å². The Balaban J connectivity index is 1.20. The molecule has 0 unspecified atom stereocenters. The first-order valence-electron chi connectivity index (χ1n) is 13.4. The van der Waals surface area contributed by atoms with E-state index in [1.165, 1.54) is 0 Å². The number of hydrogen-bond donors (Lipinski definition) is 1. The Bertz CT molecular complexity index is 1160. The molecule has 0 aromatic heterocycles. The van der Waals surface area contributed by atoms with Gasteiger partial charge in [0.2, 0.25) is 15.9 Å². The lowest BCUT2D eigenvalue weighted by Crippen LogP contribution is -2.57. The molecule has 8 nitrogen and oxygen atoms in total. The van der Waals surface area contributed by atoms with Gasteiger partial charge in [-0.2, -0.15) is 4.31 Å². The van der Waals surface area contributed by atoms with E-state index in [1.807, 2.05) is 18.2 Å². The predicted molar refractivity (Wildman–Crippen MR) is 142 cm³/mol. The molecule has 9 heteroatoms. The average Bonchev–Trinajstić information content (AvgIpc) is 3.39. The molecule has 1 amide bonds. The van der Waals surface area contributed by atoms with Crippen molar-refractivity contribution in [3.05, 3.63) is 60.2 Å². The SMILES string of the molecule is O=C(CN1CC[C@]2(CCCO2)[C@@H](OCc2ccccc2)C1)Nc1cccc(S(=O)(=O)N2CCCCC2)c1. The molecular formula is C28H37N3O5S. The number of benzene rings is 2. The largest absolute Gasteiger partial charge is 0.372 e. The van der Waals surface area contributed by atoms with Crippen molar-refractivity contribution >= 4 is 21.6 Å². The lowest BCUT2D eigenvalue weighted by molar-refractivity contribution is -0.159. The van der Waals surface area contributed by atoms with E-state index >= 15 is 0 Å². The Labute approximate surface area is 220 Å². The predicted octanol–water partition coefficient (Wildman–Crippen LogP) is 3.64. The smallest absolute Gasteiger partial charge is 0.243 e. The van der Waals surface area contributed by atoms with Crippen LogP contribution in [-0.4, -0.2) is 74.6 Å². The van der Waals surface area contributed by atoms with Gasteiger partial charge in [-0.15, -0.1) is 0 Å². The van der Waals surface area contributed by atoms with Gasteiger partial charge in [-0.25, -0.2) is 8.42 Å². The van der Waals surface area contributed by atoms with E-state index in [0.29, 0.717) is 31.9 Å². The number of sulfonamides is 1. The zero-order valence-corrected chi connectivity index (χ0v) is 22.1. The summed E-state index contributed by atoms with van der Waals surface area (Å²) >= 11 is 0. The van der Waals surface area contributed by atoms with Crippen molar-refractivity contribution in [3.8, 4) is 0 Å². The molecule has 0 aliphatic carbocycles. The molecular weight excluding hydrogens is 490 g/mol. The first-order valence-corrected chi connectivity index (χ1v) is 14.8. The molecule has 0 saturated carbocycles. The number of nitrogens with one attached hydrogen (secondary N) is 1. The summed E-state index contributed by atoms with van der Waals surface area (Å²) in [5.74, 6) is -0.169. The number of carbonyl (C=O) groups excluding carboxylic acids is 1. The van der Waals surface area contributed by atoms with E-state index in [-0.39, 0.29) is 29.1 Å². The molecule has 200 valence electrons. The van der Waals surface area contributed by atoms with Gasteiger partial charge in [0, 0.05) is 38.5 Å². The minimum absolute atomic E-state index is 0.116. The molecule has 2 aromatic rings. The zero-order valence-electron chi connectivity index (χ0n) is 21.3. The van der Waals surface area contributed by atoms with E-state index in [2.05, 4.69) is 22.3 Å². The number of rotatable bonds is 8. The van der Waals surface area contributed by atoms with E-state index in [1.54, 1.807) is 28.6 Å². The quantitative estimate of drug-likeness (QED) is 0.564. The number of hydrogen-bond acceptors (Lipinski definition) is 6. The Kier molecular flexibility index (Phi) is 8.26. The highest BCUT2D eigenvalue weighted by molar-refractivity contribution is 7.89. The highest BCUT2D eigenvalue weighted by Crippen LogP contribution is 2.38. The van der Waals surface area contributed by atoms with Crippen molar-refractivity contribution in [3.63, 3.8) is 0 Å². The Morgan fingerprint density at radius 1 is 1.00 bits per heavy atom. The highest BCUT2D eigenvalue weighted by atomic mass is 32.2. The number of amides is 1. The molecule has 1 spiro atoms. The topological polar surface area (TPSA) is 88.2 Å². The van der Waals surface area contributed by atoms with Crippen LogP contribution in [0.15, 0.2) is 59.5 Å². The summed E-state index contributed by atoms with van der Waals surface area (Å²) in [5.41, 5.74) is 1.33. The molecule has 3 heterocycles. The Morgan fingerprint density at radius 2 is 1.81 bits per heavy atom. The molecule has 2 atom stereocenters. The highest BCUT2D eigenvalue weighted by Gasteiger charge is 2.47. The number of piperidine rings is 2. The van der Waals surface area contributed by atoms with Gasteiger partial charge in [-0.05, 0) is 55.9 Å². The third kappa shape index (κ3) is 6.23. The van der Waals surface area contributed by atoms with E-state index in [0.717, 1.165) is 57.2 Å². The van der Waals surface area contributed by atoms with Gasteiger partial charge in [0.1, 0.15) is 0 Å². The molecule has 3 saturated heterocycles. The van der Waals surface area contributed by atoms with Crippen LogP contribution in [0.1, 0.15) is 44.1 Å².